The summed E-state index contributed by atoms with van der Waals surface area (Å²) in [6.07, 6.45) is 1.22. The van der Waals surface area contributed by atoms with Crippen LogP contribution in [-0.2, 0) is 22.3 Å². The van der Waals surface area contributed by atoms with Gasteiger partial charge in [-0.05, 0) is 72.3 Å². The number of esters is 1. The summed E-state index contributed by atoms with van der Waals surface area (Å²) < 4.78 is 13.4. The fourth-order valence-electron chi connectivity index (χ4n) is 2.41. The average molecular weight is 399 g/mol. The summed E-state index contributed by atoms with van der Waals surface area (Å²) in [7, 11) is 1.28. The number of methoxy groups -OCH3 is 1. The van der Waals surface area contributed by atoms with Crippen LogP contribution in [-0.4, -0.2) is 29.5 Å². The first-order valence-corrected chi connectivity index (χ1v) is 8.80. The quantitative estimate of drug-likeness (QED) is 0.403. The Morgan fingerprint density at radius 1 is 1.12 bits per heavy atom. The first kappa shape index (κ1) is 20.4. The summed E-state index contributed by atoms with van der Waals surface area (Å²) >= 11 is 11.8. The van der Waals surface area contributed by atoms with Gasteiger partial charge < -0.3 is 19.3 Å². The van der Waals surface area contributed by atoms with E-state index in [1.54, 1.807) is 31.2 Å². The van der Waals surface area contributed by atoms with Crippen molar-refractivity contribution in [1.29, 1.82) is 0 Å². The van der Waals surface area contributed by atoms with Gasteiger partial charge in [0.1, 0.15) is 17.1 Å². The molecule has 7 heteroatoms. The van der Waals surface area contributed by atoms with Crippen LogP contribution in [0.3, 0.4) is 0 Å². The van der Waals surface area contributed by atoms with E-state index >= 15 is 0 Å². The largest absolute Gasteiger partial charge is 0.507 e. The molecule has 0 saturated carbocycles. The normalized spacial score (nSPS) is 11.2. The summed E-state index contributed by atoms with van der Waals surface area (Å²) in [5.74, 6) is -0.140. The lowest BCUT2D eigenvalue weighted by Crippen LogP contribution is -2.25. The van der Waals surface area contributed by atoms with Crippen LogP contribution >= 0.6 is 23.2 Å². The van der Waals surface area contributed by atoms with Crippen LogP contribution in [0.1, 0.15) is 28.4 Å². The number of benzene rings is 2. The molecule has 140 valence electrons. The highest BCUT2D eigenvalue weighted by atomic mass is 35.5. The van der Waals surface area contributed by atoms with Gasteiger partial charge >= 0.3 is 10.7 Å². The van der Waals surface area contributed by atoms with Gasteiger partial charge in [-0.25, -0.2) is 4.79 Å². The Morgan fingerprint density at radius 2 is 1.81 bits per heavy atom. The predicted molar refractivity (Wildman–Crippen MR) is 100.0 cm³/mol. The van der Waals surface area contributed by atoms with Gasteiger partial charge in [-0.3, -0.25) is 0 Å². The number of alkyl halides is 2. The molecule has 0 heterocycles. The number of carbonyl (C=O) groups is 1. The van der Waals surface area contributed by atoms with Gasteiger partial charge in [-0.15, -0.1) is 0 Å². The van der Waals surface area contributed by atoms with E-state index in [2.05, 4.69) is 4.74 Å². The van der Waals surface area contributed by atoms with E-state index < -0.39 is 10.7 Å². The molecule has 2 rings (SSSR count). The molecule has 0 bridgehead atoms. The highest BCUT2D eigenvalue weighted by Crippen LogP contribution is 2.28. The number of ether oxygens (including phenoxy) is 3. The van der Waals surface area contributed by atoms with Gasteiger partial charge in [0, 0.05) is 0 Å². The van der Waals surface area contributed by atoms with Crippen LogP contribution in [0.25, 0.3) is 0 Å². The van der Waals surface area contributed by atoms with E-state index in [-0.39, 0.29) is 11.3 Å². The highest BCUT2D eigenvalue weighted by Gasteiger charge is 2.26. The first-order valence-electron chi connectivity index (χ1n) is 8.05. The van der Waals surface area contributed by atoms with Crippen LogP contribution in [0, 0.1) is 0 Å². The Hall–Kier alpha value is -1.95. The van der Waals surface area contributed by atoms with Crippen LogP contribution in [0.15, 0.2) is 42.5 Å². The average Bonchev–Trinajstić information content (AvgIpc) is 2.61. The number of aromatic hydroxyl groups is 1. The molecule has 0 aliphatic carbocycles. The van der Waals surface area contributed by atoms with Crippen molar-refractivity contribution in [1.82, 2.24) is 0 Å². The summed E-state index contributed by atoms with van der Waals surface area (Å²) in [6, 6.07) is 12.2. The molecule has 0 fully saturated rings. The van der Waals surface area contributed by atoms with Crippen LogP contribution in [0.5, 0.6) is 11.5 Å². The molecule has 0 aromatic heterocycles. The molecule has 1 N–H and O–H groups in total. The van der Waals surface area contributed by atoms with Crippen molar-refractivity contribution in [3.8, 4) is 11.5 Å². The molecule has 0 atom stereocenters. The lowest BCUT2D eigenvalue weighted by Gasteiger charge is -2.20. The summed E-state index contributed by atoms with van der Waals surface area (Å²) in [5, 5.41) is 10.2. The van der Waals surface area contributed by atoms with Crippen LogP contribution in [0.4, 0.5) is 0 Å². The maximum Gasteiger partial charge on any atom is 0.375 e. The molecule has 5 nitrogen and oxygen atoms in total. The molecule has 0 saturated heterocycles. The highest BCUT2D eigenvalue weighted by molar-refractivity contribution is 6.46. The Bertz CT molecular complexity index is 744. The van der Waals surface area contributed by atoms with Gasteiger partial charge in [0.2, 0.25) is 0 Å². The topological polar surface area (TPSA) is 65.0 Å². The molecule has 2 aromatic carbocycles. The maximum absolute atomic E-state index is 11.6. The molecular weight excluding hydrogens is 379 g/mol. The SMILES string of the molecule is CCOC(Cl)(Cl)Oc1ccc(CCc2cccc(C(=O)OC)c2O)cc1. The van der Waals surface area contributed by atoms with E-state index in [4.69, 9.17) is 32.7 Å². The Kier molecular flexibility index (Phi) is 7.14. The number of hydrogen-bond donors (Lipinski definition) is 1. The smallest absolute Gasteiger partial charge is 0.375 e. The zero-order valence-electron chi connectivity index (χ0n) is 14.5. The van der Waals surface area contributed by atoms with E-state index in [9.17, 15) is 9.90 Å². The third kappa shape index (κ3) is 5.53. The predicted octanol–water partition coefficient (Wildman–Crippen LogP) is 4.47. The molecule has 0 spiro atoms. The third-order valence-corrected chi connectivity index (χ3v) is 4.05. The molecule has 0 aliphatic heterocycles. The molecule has 0 radical (unpaired) electrons. The first-order chi connectivity index (χ1) is 12.4. The second-order valence-electron chi connectivity index (χ2n) is 5.45. The molecule has 2 aromatic rings. The molecule has 0 amide bonds. The second kappa shape index (κ2) is 9.12. The molecule has 0 unspecified atom stereocenters. The van der Waals surface area contributed by atoms with Crippen LogP contribution in [0.2, 0.25) is 0 Å². The lowest BCUT2D eigenvalue weighted by atomic mass is 10.0. The number of aryl methyl sites for hydroxylation is 2. The van der Waals surface area contributed by atoms with Gasteiger partial charge in [0.25, 0.3) is 0 Å². The molecular formula is C19H20Cl2O5. The minimum absolute atomic E-state index is 0.0509. The van der Waals surface area contributed by atoms with Crippen LogP contribution < -0.4 is 4.74 Å². The second-order valence-corrected chi connectivity index (χ2v) is 6.64. The van der Waals surface area contributed by atoms with Gasteiger partial charge in [0.15, 0.2) is 0 Å². The summed E-state index contributed by atoms with van der Waals surface area (Å²) in [6.45, 7) is 2.08. The number of phenolic OH excluding ortho intramolecular Hbond substituents is 1. The van der Waals surface area contributed by atoms with Crippen molar-refractivity contribution >= 4 is 29.2 Å². The number of rotatable bonds is 8. The van der Waals surface area contributed by atoms with Crippen molar-refractivity contribution in [3.05, 3.63) is 59.2 Å². The zero-order valence-corrected chi connectivity index (χ0v) is 16.0. The fourth-order valence-corrected chi connectivity index (χ4v) is 2.80. The monoisotopic (exact) mass is 398 g/mol. The van der Waals surface area contributed by atoms with Crippen molar-refractivity contribution < 1.29 is 24.1 Å². The Morgan fingerprint density at radius 3 is 2.42 bits per heavy atom. The number of hydrogen-bond acceptors (Lipinski definition) is 5. The third-order valence-electron chi connectivity index (χ3n) is 3.68. The van der Waals surface area contributed by atoms with E-state index in [0.717, 1.165) is 5.56 Å². The number of halogens is 2. The van der Waals surface area contributed by atoms with E-state index in [0.29, 0.717) is 30.8 Å². The lowest BCUT2D eigenvalue weighted by molar-refractivity contribution is -0.0499. The van der Waals surface area contributed by atoms with Crippen molar-refractivity contribution in [2.24, 2.45) is 0 Å². The fraction of sp³-hybridized carbons (Fsp3) is 0.316. The van der Waals surface area contributed by atoms with Gasteiger partial charge in [-0.1, -0.05) is 24.3 Å². The van der Waals surface area contributed by atoms with Crippen molar-refractivity contribution in [3.63, 3.8) is 0 Å². The minimum Gasteiger partial charge on any atom is -0.507 e. The number of carbonyl (C=O) groups excluding carboxylic acids is 1. The Balaban J connectivity index is 2.01. The Labute approximate surface area is 162 Å². The van der Waals surface area contributed by atoms with Gasteiger partial charge in [-0.2, -0.15) is 0 Å². The summed E-state index contributed by atoms with van der Waals surface area (Å²) in [4.78, 5) is 11.6. The van der Waals surface area contributed by atoms with E-state index in [1.807, 2.05) is 12.1 Å². The maximum atomic E-state index is 11.6. The zero-order chi connectivity index (χ0) is 19.2. The van der Waals surface area contributed by atoms with Crippen molar-refractivity contribution in [2.45, 2.75) is 24.5 Å². The number of para-hydroxylation sites is 1. The molecule has 26 heavy (non-hydrogen) atoms. The standard InChI is InChI=1S/C19H20Cl2O5/c1-3-25-19(20,21)26-15-11-8-13(9-12-15)7-10-14-5-4-6-16(17(14)22)18(23)24-2/h4-6,8-9,11-12,22H,3,7,10H2,1-2H3. The minimum atomic E-state index is -1.73. The molecule has 0 aliphatic rings. The van der Waals surface area contributed by atoms with E-state index in [1.165, 1.54) is 13.2 Å². The van der Waals surface area contributed by atoms with Gasteiger partial charge in [0.05, 0.1) is 13.7 Å². The summed E-state index contributed by atoms with van der Waals surface area (Å²) in [5.41, 5.74) is 1.85. The number of phenols is 1. The van der Waals surface area contributed by atoms with Crippen molar-refractivity contribution in [2.75, 3.05) is 13.7 Å².